The standard InChI is InChI=1S/C43H52N8O7/c1-24(2)18-30(48-42(54)55)40(52)50-16-6-8-34(50)38-44-22-32(46-38)26-10-12-27(13-11-26)37-21-29-20-28(14-15-36(29)58-37)33-23-45-39(47-33)35-9-7-17-51(35)41(53)31(19-25(3)4)49-43(56)57-5/h10-15,20-25,30-31,34-35,48H,6-9,16-19H2,1-5H3,(H,44,46)(H,45,47)(H,49,56)(H,54,55)/t30?,31?,34-,35-/m0/s1. The Labute approximate surface area is 336 Å². The van der Waals surface area contributed by atoms with Gasteiger partial charge in [0, 0.05) is 29.6 Å². The highest BCUT2D eigenvalue weighted by Crippen LogP contribution is 2.36. The molecule has 2 aliphatic rings. The minimum absolute atomic E-state index is 0.137. The summed E-state index contributed by atoms with van der Waals surface area (Å²) >= 11 is 0. The number of ether oxygens (including phenoxy) is 1. The number of hydrogen-bond donors (Lipinski definition) is 5. The van der Waals surface area contributed by atoms with Crippen molar-refractivity contribution in [1.29, 1.82) is 0 Å². The smallest absolute Gasteiger partial charge is 0.407 e. The van der Waals surface area contributed by atoms with Gasteiger partial charge in [-0.3, -0.25) is 9.59 Å². The summed E-state index contributed by atoms with van der Waals surface area (Å²) in [5.41, 5.74) is 5.15. The largest absolute Gasteiger partial charge is 0.465 e. The normalized spacial score (nSPS) is 17.9. The van der Waals surface area contributed by atoms with Gasteiger partial charge in [0.2, 0.25) is 11.8 Å². The van der Waals surface area contributed by atoms with Crippen molar-refractivity contribution in [2.24, 2.45) is 11.8 Å². The minimum Gasteiger partial charge on any atom is -0.465 e. The van der Waals surface area contributed by atoms with E-state index in [9.17, 15) is 24.3 Å². The van der Waals surface area contributed by atoms with Crippen molar-refractivity contribution in [2.45, 2.75) is 90.4 Å². The van der Waals surface area contributed by atoms with Crippen molar-refractivity contribution < 1.29 is 33.4 Å². The summed E-state index contributed by atoms with van der Waals surface area (Å²) < 4.78 is 11.1. The lowest BCUT2D eigenvalue weighted by Gasteiger charge is -2.29. The third-order valence-corrected chi connectivity index (χ3v) is 11.0. The Morgan fingerprint density at radius 3 is 1.83 bits per heavy atom. The molecule has 2 saturated heterocycles. The number of rotatable bonds is 13. The zero-order chi connectivity index (χ0) is 41.1. The van der Waals surface area contributed by atoms with Crippen LogP contribution in [-0.2, 0) is 14.3 Å². The van der Waals surface area contributed by atoms with Crippen LogP contribution in [0.4, 0.5) is 9.59 Å². The minimum atomic E-state index is -1.21. The first kappa shape index (κ1) is 40.1. The number of imidazole rings is 2. The molecule has 2 aliphatic heterocycles. The van der Waals surface area contributed by atoms with Gasteiger partial charge >= 0.3 is 12.2 Å². The molecule has 2 aromatic carbocycles. The van der Waals surface area contributed by atoms with Crippen LogP contribution in [0.15, 0.2) is 65.3 Å². The maximum Gasteiger partial charge on any atom is 0.407 e. The van der Waals surface area contributed by atoms with Crippen LogP contribution in [0.2, 0.25) is 0 Å². The van der Waals surface area contributed by atoms with Gasteiger partial charge in [-0.05, 0) is 80.2 Å². The fraction of sp³-hybridized carbons (Fsp3) is 0.442. The quantitative estimate of drug-likeness (QED) is 0.0794. The highest BCUT2D eigenvalue weighted by atomic mass is 16.5. The zero-order valence-corrected chi connectivity index (χ0v) is 33.6. The molecule has 15 heteroatoms. The van der Waals surface area contributed by atoms with E-state index in [-0.39, 0.29) is 35.7 Å². The van der Waals surface area contributed by atoms with Gasteiger partial charge < -0.3 is 44.7 Å². The average Bonchev–Trinajstić information content (AvgIpc) is 4.05. The van der Waals surface area contributed by atoms with Gasteiger partial charge in [0.1, 0.15) is 35.1 Å². The van der Waals surface area contributed by atoms with Crippen LogP contribution >= 0.6 is 0 Å². The zero-order valence-electron chi connectivity index (χ0n) is 33.6. The number of alkyl carbamates (subject to hydrolysis) is 1. The average molecular weight is 793 g/mol. The maximum atomic E-state index is 13.7. The van der Waals surface area contributed by atoms with Gasteiger partial charge in [-0.25, -0.2) is 19.6 Å². The number of carbonyl (C=O) groups excluding carboxylic acids is 3. The Bertz CT molecular complexity index is 2260. The van der Waals surface area contributed by atoms with Crippen molar-refractivity contribution >= 4 is 35.0 Å². The van der Waals surface area contributed by atoms with Crippen LogP contribution in [-0.4, -0.2) is 91.1 Å². The van der Waals surface area contributed by atoms with Crippen LogP contribution in [0.3, 0.4) is 0 Å². The first-order valence-electron chi connectivity index (χ1n) is 20.1. The number of H-pyrrole nitrogens is 2. The number of aromatic amines is 2. The predicted molar refractivity (Wildman–Crippen MR) is 217 cm³/mol. The third kappa shape index (κ3) is 8.72. The summed E-state index contributed by atoms with van der Waals surface area (Å²) in [5, 5.41) is 15.4. The fourth-order valence-electron chi connectivity index (χ4n) is 8.24. The van der Waals surface area contributed by atoms with E-state index in [1.165, 1.54) is 7.11 Å². The van der Waals surface area contributed by atoms with Crippen molar-refractivity contribution in [1.82, 2.24) is 40.4 Å². The Kier molecular flexibility index (Phi) is 11.9. The molecule has 0 radical (unpaired) electrons. The van der Waals surface area contributed by atoms with Gasteiger partial charge in [-0.1, -0.05) is 52.0 Å². The van der Waals surface area contributed by atoms with E-state index in [0.29, 0.717) is 37.6 Å². The number of nitrogens with zero attached hydrogens (tertiary/aromatic N) is 4. The molecule has 5 aromatic rings. The van der Waals surface area contributed by atoms with Crippen molar-refractivity contribution in [3.63, 3.8) is 0 Å². The number of carbonyl (C=O) groups is 4. The number of nitrogens with one attached hydrogen (secondary N) is 4. The molecular weight excluding hydrogens is 741 g/mol. The molecule has 0 bridgehead atoms. The lowest BCUT2D eigenvalue weighted by Crippen LogP contribution is -2.49. The molecule has 4 atom stereocenters. The molecule has 5 heterocycles. The van der Waals surface area contributed by atoms with E-state index in [1.54, 1.807) is 17.3 Å². The van der Waals surface area contributed by atoms with Crippen LogP contribution in [0.25, 0.3) is 44.8 Å². The van der Waals surface area contributed by atoms with Crippen molar-refractivity contribution in [3.05, 3.63) is 72.6 Å². The second-order valence-electron chi connectivity index (χ2n) is 16.1. The summed E-state index contributed by atoms with van der Waals surface area (Å²) in [5.74, 6) is 2.09. The van der Waals surface area contributed by atoms with Gasteiger partial charge in [-0.15, -0.1) is 0 Å². The molecule has 7 rings (SSSR count). The van der Waals surface area contributed by atoms with Gasteiger partial charge in [0.15, 0.2) is 0 Å². The molecule has 0 saturated carbocycles. The van der Waals surface area contributed by atoms with E-state index in [4.69, 9.17) is 14.1 Å². The second-order valence-corrected chi connectivity index (χ2v) is 16.1. The number of fused-ring (bicyclic) bond motifs is 1. The number of benzene rings is 2. The molecule has 0 aliphatic carbocycles. The Morgan fingerprint density at radius 2 is 1.29 bits per heavy atom. The Morgan fingerprint density at radius 1 is 0.776 bits per heavy atom. The fourth-order valence-corrected chi connectivity index (χ4v) is 8.24. The van der Waals surface area contributed by atoms with Crippen molar-refractivity contribution in [3.8, 4) is 33.8 Å². The topological polar surface area (TPSA) is 199 Å². The molecule has 4 amide bonds. The predicted octanol–water partition coefficient (Wildman–Crippen LogP) is 7.66. The van der Waals surface area contributed by atoms with Gasteiger partial charge in [0.05, 0.1) is 43.0 Å². The summed E-state index contributed by atoms with van der Waals surface area (Å²) in [6.07, 6.45) is 5.81. The summed E-state index contributed by atoms with van der Waals surface area (Å²) in [6, 6.07) is 14.0. The van der Waals surface area contributed by atoms with E-state index >= 15 is 0 Å². The monoisotopic (exact) mass is 792 g/mol. The summed E-state index contributed by atoms with van der Waals surface area (Å²) in [6.45, 7) is 9.09. The van der Waals surface area contributed by atoms with Crippen LogP contribution < -0.4 is 10.6 Å². The summed E-state index contributed by atoms with van der Waals surface area (Å²) in [4.78, 5) is 70.4. The number of likely N-dealkylation sites (tertiary alicyclic amines) is 2. The van der Waals surface area contributed by atoms with E-state index in [0.717, 1.165) is 70.5 Å². The maximum absolute atomic E-state index is 13.7. The molecule has 2 unspecified atom stereocenters. The molecule has 306 valence electrons. The number of hydrogen-bond acceptors (Lipinski definition) is 8. The second kappa shape index (κ2) is 17.2. The van der Waals surface area contributed by atoms with Crippen molar-refractivity contribution in [2.75, 3.05) is 20.2 Å². The number of furan rings is 1. The van der Waals surface area contributed by atoms with E-state index < -0.39 is 24.3 Å². The Balaban J connectivity index is 1.03. The van der Waals surface area contributed by atoms with Crippen LogP contribution in [0.1, 0.15) is 90.0 Å². The number of carboxylic acid groups (broad SMARTS) is 1. The number of aromatic nitrogens is 4. The first-order chi connectivity index (χ1) is 27.9. The van der Waals surface area contributed by atoms with Gasteiger partial charge in [0.25, 0.3) is 0 Å². The summed E-state index contributed by atoms with van der Waals surface area (Å²) in [7, 11) is 1.29. The Hall–Kier alpha value is -6.12. The molecule has 0 spiro atoms. The number of amides is 4. The van der Waals surface area contributed by atoms with E-state index in [2.05, 4.69) is 31.7 Å². The molecule has 58 heavy (non-hydrogen) atoms. The van der Waals surface area contributed by atoms with Crippen LogP contribution in [0.5, 0.6) is 0 Å². The van der Waals surface area contributed by atoms with E-state index in [1.807, 2.05) is 75.1 Å². The first-order valence-corrected chi connectivity index (χ1v) is 20.1. The highest BCUT2D eigenvalue weighted by Gasteiger charge is 2.38. The lowest BCUT2D eigenvalue weighted by molar-refractivity contribution is -0.135. The molecular formula is C43H52N8O7. The lowest BCUT2D eigenvalue weighted by atomic mass is 10.0. The molecule has 5 N–H and O–H groups in total. The third-order valence-electron chi connectivity index (χ3n) is 11.0. The number of methoxy groups -OCH3 is 1. The molecule has 2 fully saturated rings. The highest BCUT2D eigenvalue weighted by molar-refractivity contribution is 5.88. The molecule has 3 aromatic heterocycles. The SMILES string of the molecule is COC(=O)NC(CC(C)C)C(=O)N1CCC[C@H]1c1ncc(-c2ccc3oc(-c4ccc(-c5cnc([C@@H]6CCCN6C(=O)C(CC(C)C)NC(=O)O)[nH]5)cc4)cc3c2)[nH]1. The van der Waals surface area contributed by atoms with Gasteiger partial charge in [-0.2, -0.15) is 0 Å². The molecule has 15 nitrogen and oxygen atoms in total. The van der Waals surface area contributed by atoms with Crippen LogP contribution in [0, 0.1) is 11.8 Å².